The van der Waals surface area contributed by atoms with Crippen molar-refractivity contribution in [2.24, 2.45) is 0 Å². The number of amides is 2. The van der Waals surface area contributed by atoms with Crippen molar-refractivity contribution >= 4 is 27.7 Å². The molecule has 0 aliphatic rings. The molecule has 2 aromatic carbocycles. The van der Waals surface area contributed by atoms with E-state index in [4.69, 9.17) is 9.47 Å². The first-order valence-corrected chi connectivity index (χ1v) is 9.52. The van der Waals surface area contributed by atoms with Gasteiger partial charge >= 0.3 is 0 Å². The van der Waals surface area contributed by atoms with E-state index < -0.39 is 5.91 Å². The number of hydrazine groups is 1. The number of carbonyl (C=O) groups excluding carboxylic acids is 2. The second kappa shape index (κ2) is 11.4. The minimum absolute atomic E-state index is 0.174. The van der Waals surface area contributed by atoms with E-state index in [1.54, 1.807) is 18.2 Å². The van der Waals surface area contributed by atoms with Crippen LogP contribution in [0.4, 0.5) is 0 Å². The van der Waals surface area contributed by atoms with Crippen LogP contribution in [-0.2, 0) is 16.0 Å². The van der Waals surface area contributed by atoms with Crippen molar-refractivity contribution in [2.45, 2.75) is 19.8 Å². The highest BCUT2D eigenvalue weighted by molar-refractivity contribution is 9.10. The number of rotatable bonds is 9. The Hall–Kier alpha value is -2.38. The van der Waals surface area contributed by atoms with Gasteiger partial charge in [0.15, 0.2) is 0 Å². The van der Waals surface area contributed by atoms with E-state index in [0.29, 0.717) is 31.1 Å². The van der Waals surface area contributed by atoms with Gasteiger partial charge in [0.2, 0.25) is 5.91 Å². The maximum atomic E-state index is 12.4. The van der Waals surface area contributed by atoms with Gasteiger partial charge in [0, 0.05) is 17.5 Å². The van der Waals surface area contributed by atoms with Gasteiger partial charge in [-0.05, 0) is 30.7 Å². The molecular weight excluding hydrogens is 412 g/mol. The molecule has 2 N–H and O–H groups in total. The monoisotopic (exact) mass is 434 g/mol. The number of hydrogen-bond acceptors (Lipinski definition) is 4. The van der Waals surface area contributed by atoms with Crippen LogP contribution in [-0.4, -0.2) is 31.6 Å². The third-order valence-electron chi connectivity index (χ3n) is 3.67. The van der Waals surface area contributed by atoms with Crippen LogP contribution in [0.25, 0.3) is 0 Å². The maximum absolute atomic E-state index is 12.4. The number of ether oxygens (including phenoxy) is 2. The van der Waals surface area contributed by atoms with Crippen molar-refractivity contribution < 1.29 is 19.1 Å². The smallest absolute Gasteiger partial charge is 0.273 e. The highest BCUT2D eigenvalue weighted by atomic mass is 79.9. The number of halogens is 1. The fraction of sp³-hybridized carbons (Fsp3) is 0.300. The van der Waals surface area contributed by atoms with Gasteiger partial charge in [-0.2, -0.15) is 0 Å². The van der Waals surface area contributed by atoms with Gasteiger partial charge in [0.05, 0.1) is 25.2 Å². The lowest BCUT2D eigenvalue weighted by Gasteiger charge is -2.13. The fourth-order valence-corrected chi connectivity index (χ4v) is 2.66. The maximum Gasteiger partial charge on any atom is 0.273 e. The first-order chi connectivity index (χ1) is 13.1. The Morgan fingerprint density at radius 3 is 2.56 bits per heavy atom. The molecule has 0 saturated carbocycles. The summed E-state index contributed by atoms with van der Waals surface area (Å²) in [6, 6.07) is 15.1. The van der Waals surface area contributed by atoms with Crippen LogP contribution in [0.15, 0.2) is 53.0 Å². The van der Waals surface area contributed by atoms with Gasteiger partial charge in [0.1, 0.15) is 5.75 Å². The van der Waals surface area contributed by atoms with Crippen LogP contribution in [0, 0.1) is 0 Å². The van der Waals surface area contributed by atoms with Gasteiger partial charge in [-0.25, -0.2) is 0 Å². The zero-order valence-corrected chi connectivity index (χ0v) is 16.8. The summed E-state index contributed by atoms with van der Waals surface area (Å²) >= 11 is 3.35. The lowest BCUT2D eigenvalue weighted by Crippen LogP contribution is -2.42. The second-order valence-corrected chi connectivity index (χ2v) is 6.59. The van der Waals surface area contributed by atoms with Crippen LogP contribution in [0.3, 0.4) is 0 Å². The molecule has 0 spiro atoms. The lowest BCUT2D eigenvalue weighted by molar-refractivity contribution is -0.122. The largest absolute Gasteiger partial charge is 0.492 e. The summed E-state index contributed by atoms with van der Waals surface area (Å²) in [5.41, 5.74) is 6.28. The fourth-order valence-electron chi connectivity index (χ4n) is 2.29. The number of benzene rings is 2. The van der Waals surface area contributed by atoms with Crippen LogP contribution < -0.4 is 15.6 Å². The molecule has 6 nitrogen and oxygen atoms in total. The molecule has 7 heteroatoms. The SMILES string of the molecule is CCOCCC(=O)NNC(=O)c1cc(Br)ccc1OCCc1ccccc1. The third-order valence-corrected chi connectivity index (χ3v) is 4.16. The predicted octanol–water partition coefficient (Wildman–Crippen LogP) is 3.26. The summed E-state index contributed by atoms with van der Waals surface area (Å²) in [4.78, 5) is 24.1. The van der Waals surface area contributed by atoms with Gasteiger partial charge in [-0.3, -0.25) is 20.4 Å². The summed E-state index contributed by atoms with van der Waals surface area (Å²) < 4.78 is 11.6. The molecule has 0 atom stereocenters. The predicted molar refractivity (Wildman–Crippen MR) is 107 cm³/mol. The topological polar surface area (TPSA) is 76.7 Å². The first-order valence-electron chi connectivity index (χ1n) is 8.73. The Morgan fingerprint density at radius 1 is 1.04 bits per heavy atom. The van der Waals surface area contributed by atoms with E-state index in [2.05, 4.69) is 26.8 Å². The minimum atomic E-state index is -0.448. The molecule has 2 amide bonds. The normalized spacial score (nSPS) is 10.3. The zero-order chi connectivity index (χ0) is 19.5. The van der Waals surface area contributed by atoms with Crippen LogP contribution in [0.2, 0.25) is 0 Å². The summed E-state index contributed by atoms with van der Waals surface area (Å²) in [6.45, 7) is 3.14. The second-order valence-electron chi connectivity index (χ2n) is 5.67. The molecule has 2 aromatic rings. The molecule has 0 fully saturated rings. The van der Waals surface area contributed by atoms with Crippen molar-refractivity contribution in [1.29, 1.82) is 0 Å². The minimum Gasteiger partial charge on any atom is -0.492 e. The summed E-state index contributed by atoms with van der Waals surface area (Å²) in [7, 11) is 0. The summed E-state index contributed by atoms with van der Waals surface area (Å²) in [6.07, 6.45) is 0.902. The summed E-state index contributed by atoms with van der Waals surface area (Å²) in [5, 5.41) is 0. The summed E-state index contributed by atoms with van der Waals surface area (Å²) in [5.74, 6) is -0.315. The molecule has 0 radical (unpaired) electrons. The molecular formula is C20H23BrN2O4. The van der Waals surface area contributed by atoms with Crippen molar-refractivity contribution in [2.75, 3.05) is 19.8 Å². The van der Waals surface area contributed by atoms with Crippen molar-refractivity contribution in [3.05, 3.63) is 64.1 Å². The molecule has 0 saturated heterocycles. The van der Waals surface area contributed by atoms with Gasteiger partial charge in [-0.1, -0.05) is 46.3 Å². The Labute approximate surface area is 167 Å². The van der Waals surface area contributed by atoms with Crippen molar-refractivity contribution in [1.82, 2.24) is 10.9 Å². The lowest BCUT2D eigenvalue weighted by atomic mass is 10.1. The Morgan fingerprint density at radius 2 is 1.81 bits per heavy atom. The van der Waals surface area contributed by atoms with E-state index in [1.807, 2.05) is 37.3 Å². The molecule has 27 heavy (non-hydrogen) atoms. The molecule has 2 rings (SSSR count). The van der Waals surface area contributed by atoms with Crippen LogP contribution >= 0.6 is 15.9 Å². The third kappa shape index (κ3) is 7.40. The highest BCUT2D eigenvalue weighted by Crippen LogP contribution is 2.23. The van der Waals surface area contributed by atoms with E-state index >= 15 is 0 Å². The first kappa shape index (κ1) is 20.9. The number of carbonyl (C=O) groups is 2. The van der Waals surface area contributed by atoms with Gasteiger partial charge in [-0.15, -0.1) is 0 Å². The van der Waals surface area contributed by atoms with Gasteiger partial charge < -0.3 is 9.47 Å². The molecule has 0 heterocycles. The van der Waals surface area contributed by atoms with E-state index in [9.17, 15) is 9.59 Å². The molecule has 0 unspecified atom stereocenters. The van der Waals surface area contributed by atoms with E-state index in [1.165, 1.54) is 0 Å². The zero-order valence-electron chi connectivity index (χ0n) is 15.2. The Balaban J connectivity index is 1.91. The average molecular weight is 435 g/mol. The molecule has 0 bridgehead atoms. The highest BCUT2D eigenvalue weighted by Gasteiger charge is 2.14. The Bertz CT molecular complexity index is 753. The van der Waals surface area contributed by atoms with Crippen LogP contribution in [0.5, 0.6) is 5.75 Å². The van der Waals surface area contributed by atoms with Crippen molar-refractivity contribution in [3.8, 4) is 5.75 Å². The Kier molecular flexibility index (Phi) is 8.80. The standard InChI is InChI=1S/C20H23BrN2O4/c1-2-26-12-11-19(24)22-23-20(25)17-14-16(21)8-9-18(17)27-13-10-15-6-4-3-5-7-15/h3-9,14H,2,10-13H2,1H3,(H,22,24)(H,23,25). The van der Waals surface area contributed by atoms with Crippen molar-refractivity contribution in [3.63, 3.8) is 0 Å². The van der Waals surface area contributed by atoms with Gasteiger partial charge in [0.25, 0.3) is 5.91 Å². The molecule has 0 aromatic heterocycles. The average Bonchev–Trinajstić information content (AvgIpc) is 2.68. The molecule has 0 aliphatic heterocycles. The molecule has 0 aliphatic carbocycles. The van der Waals surface area contributed by atoms with E-state index in [-0.39, 0.29) is 12.3 Å². The van der Waals surface area contributed by atoms with E-state index in [0.717, 1.165) is 16.5 Å². The quantitative estimate of drug-likeness (QED) is 0.469. The molecule has 144 valence electrons. The number of nitrogens with one attached hydrogen (secondary N) is 2. The van der Waals surface area contributed by atoms with Crippen LogP contribution in [0.1, 0.15) is 29.3 Å². The number of hydrogen-bond donors (Lipinski definition) is 2.